The normalized spacial score (nSPS) is 12.3. The molecule has 0 saturated heterocycles. The predicted molar refractivity (Wildman–Crippen MR) is 45.5 cm³/mol. The summed E-state index contributed by atoms with van der Waals surface area (Å²) in [6.45, 7) is 0. The van der Waals surface area contributed by atoms with E-state index in [9.17, 15) is 10.1 Å². The Morgan fingerprint density at radius 1 is 1.33 bits per heavy atom. The van der Waals surface area contributed by atoms with E-state index in [0.717, 1.165) is 18.4 Å². The van der Waals surface area contributed by atoms with Crippen LogP contribution in [0, 0.1) is 10.1 Å². The number of hydrogen-bond acceptors (Lipinski definition) is 3. The van der Waals surface area contributed by atoms with Crippen LogP contribution in [0.5, 0.6) is 0 Å². The minimum absolute atomic E-state index is 0. The molecule has 2 bridgehead atoms. The Bertz CT molecular complexity index is 323. The second-order valence-corrected chi connectivity index (χ2v) is 2.72. The van der Waals surface area contributed by atoms with E-state index in [1.807, 2.05) is 12.1 Å². The Morgan fingerprint density at radius 3 is 2.75 bits per heavy atom. The molecular formula is C8H10N2O2. The van der Waals surface area contributed by atoms with E-state index in [0.29, 0.717) is 0 Å². The highest BCUT2D eigenvalue weighted by Gasteiger charge is 2.18. The predicted octanol–water partition coefficient (Wildman–Crippen LogP) is 1.86. The van der Waals surface area contributed by atoms with Crippen LogP contribution in [-0.4, -0.2) is 4.92 Å². The van der Waals surface area contributed by atoms with Gasteiger partial charge in [-0.1, -0.05) is 6.07 Å². The lowest BCUT2D eigenvalue weighted by Gasteiger charge is -1.92. The van der Waals surface area contributed by atoms with Crippen molar-refractivity contribution >= 4 is 5.69 Å². The number of nitrogens with zero attached hydrogens (tertiary/aromatic N) is 1. The van der Waals surface area contributed by atoms with Gasteiger partial charge < -0.3 is 6.15 Å². The quantitative estimate of drug-likeness (QED) is 0.510. The molecule has 4 nitrogen and oxygen atoms in total. The van der Waals surface area contributed by atoms with Gasteiger partial charge in [0.15, 0.2) is 0 Å². The molecule has 64 valence electrons. The van der Waals surface area contributed by atoms with Crippen molar-refractivity contribution in [3.8, 4) is 0 Å². The fraction of sp³-hybridized carbons (Fsp3) is 0.250. The molecule has 3 N–H and O–H groups in total. The molecule has 0 aromatic heterocycles. The van der Waals surface area contributed by atoms with Gasteiger partial charge in [-0.25, -0.2) is 0 Å². The van der Waals surface area contributed by atoms with Crippen molar-refractivity contribution in [1.29, 1.82) is 0 Å². The maximum absolute atomic E-state index is 10.4. The van der Waals surface area contributed by atoms with Crippen LogP contribution in [0.2, 0.25) is 0 Å². The van der Waals surface area contributed by atoms with Crippen LogP contribution < -0.4 is 6.15 Å². The summed E-state index contributed by atoms with van der Waals surface area (Å²) in [7, 11) is 0. The minimum Gasteiger partial charge on any atom is -0.344 e. The third-order valence-electron chi connectivity index (χ3n) is 2.02. The summed E-state index contributed by atoms with van der Waals surface area (Å²) in [6, 6.07) is 5.34. The molecule has 1 aromatic rings. The lowest BCUT2D eigenvalue weighted by Crippen LogP contribution is -1.90. The summed E-state index contributed by atoms with van der Waals surface area (Å²) in [6.07, 6.45) is 1.79. The Kier molecular flexibility index (Phi) is 2.10. The molecule has 4 heteroatoms. The molecule has 0 atom stereocenters. The van der Waals surface area contributed by atoms with Gasteiger partial charge in [-0.2, -0.15) is 0 Å². The monoisotopic (exact) mass is 166 g/mol. The van der Waals surface area contributed by atoms with E-state index in [1.165, 1.54) is 5.56 Å². The molecular weight excluding hydrogens is 156 g/mol. The SMILES string of the molecule is N.O=[N+]([O-])c1ccc2cc1CC2. The van der Waals surface area contributed by atoms with E-state index in [2.05, 4.69) is 0 Å². The van der Waals surface area contributed by atoms with Crippen molar-refractivity contribution < 1.29 is 4.92 Å². The van der Waals surface area contributed by atoms with Crippen molar-refractivity contribution in [2.75, 3.05) is 0 Å². The smallest absolute Gasteiger partial charge is 0.272 e. The fourth-order valence-corrected chi connectivity index (χ4v) is 1.45. The van der Waals surface area contributed by atoms with Gasteiger partial charge in [0, 0.05) is 11.6 Å². The molecule has 2 rings (SSSR count). The van der Waals surface area contributed by atoms with E-state index < -0.39 is 0 Å². The maximum Gasteiger partial charge on any atom is 0.272 e. The number of nitro groups is 1. The van der Waals surface area contributed by atoms with E-state index in [4.69, 9.17) is 0 Å². The second-order valence-electron chi connectivity index (χ2n) is 2.72. The van der Waals surface area contributed by atoms with Gasteiger partial charge in [0.2, 0.25) is 0 Å². The standard InChI is InChI=1S/C8H7NO2.H3N/c10-9(11)8-4-2-6-1-3-7(8)5-6;/h2,4-5H,1,3H2;1H3. The van der Waals surface area contributed by atoms with Gasteiger partial charge in [-0.05, 0) is 24.5 Å². The van der Waals surface area contributed by atoms with Crippen LogP contribution in [0.3, 0.4) is 0 Å². The topological polar surface area (TPSA) is 78.1 Å². The first-order chi connectivity index (χ1) is 5.27. The van der Waals surface area contributed by atoms with Crippen molar-refractivity contribution in [3.63, 3.8) is 0 Å². The molecule has 0 radical (unpaired) electrons. The first-order valence-corrected chi connectivity index (χ1v) is 3.53. The average molecular weight is 166 g/mol. The van der Waals surface area contributed by atoms with Gasteiger partial charge in [0.25, 0.3) is 5.69 Å². The van der Waals surface area contributed by atoms with Gasteiger partial charge >= 0.3 is 0 Å². The Morgan fingerprint density at radius 2 is 2.08 bits per heavy atom. The summed E-state index contributed by atoms with van der Waals surface area (Å²) in [4.78, 5) is 10.1. The zero-order chi connectivity index (χ0) is 7.84. The number of benzene rings is 1. The maximum atomic E-state index is 10.4. The highest BCUT2D eigenvalue weighted by molar-refractivity contribution is 5.46. The van der Waals surface area contributed by atoms with Crippen LogP contribution >= 0.6 is 0 Å². The van der Waals surface area contributed by atoms with Crippen molar-refractivity contribution in [3.05, 3.63) is 39.4 Å². The van der Waals surface area contributed by atoms with Gasteiger partial charge in [-0.15, -0.1) is 0 Å². The summed E-state index contributed by atoms with van der Waals surface area (Å²) < 4.78 is 0. The Balaban J connectivity index is 0.000000720. The summed E-state index contributed by atoms with van der Waals surface area (Å²) in [5.41, 5.74) is 2.37. The fourth-order valence-electron chi connectivity index (χ4n) is 1.45. The zero-order valence-electron chi connectivity index (χ0n) is 6.62. The molecule has 1 aliphatic rings. The molecule has 0 saturated carbocycles. The number of hydrogen-bond donors (Lipinski definition) is 1. The molecule has 0 amide bonds. The molecule has 0 unspecified atom stereocenters. The highest BCUT2D eigenvalue weighted by atomic mass is 16.6. The Hall–Kier alpha value is -1.42. The molecule has 0 aliphatic heterocycles. The third-order valence-corrected chi connectivity index (χ3v) is 2.02. The number of aryl methyl sites for hydroxylation is 2. The van der Waals surface area contributed by atoms with Gasteiger partial charge in [-0.3, -0.25) is 10.1 Å². The number of fused-ring (bicyclic) bond motifs is 2. The first kappa shape index (κ1) is 8.67. The van der Waals surface area contributed by atoms with Crippen LogP contribution in [0.4, 0.5) is 5.69 Å². The highest BCUT2D eigenvalue weighted by Crippen LogP contribution is 2.26. The largest absolute Gasteiger partial charge is 0.344 e. The van der Waals surface area contributed by atoms with Crippen molar-refractivity contribution in [2.24, 2.45) is 0 Å². The first-order valence-electron chi connectivity index (χ1n) is 3.53. The van der Waals surface area contributed by atoms with Gasteiger partial charge in [0.1, 0.15) is 0 Å². The molecule has 1 aromatic carbocycles. The van der Waals surface area contributed by atoms with Crippen LogP contribution in [-0.2, 0) is 12.8 Å². The van der Waals surface area contributed by atoms with E-state index in [-0.39, 0.29) is 16.8 Å². The molecule has 12 heavy (non-hydrogen) atoms. The minimum atomic E-state index is -0.315. The Labute approximate surface area is 69.9 Å². The molecule has 1 aliphatic carbocycles. The lowest BCUT2D eigenvalue weighted by molar-refractivity contribution is -0.385. The average Bonchev–Trinajstić information content (AvgIpc) is 2.32. The summed E-state index contributed by atoms with van der Waals surface area (Å²) in [5.74, 6) is 0. The van der Waals surface area contributed by atoms with Crippen molar-refractivity contribution in [2.45, 2.75) is 12.8 Å². The van der Waals surface area contributed by atoms with Crippen LogP contribution in [0.1, 0.15) is 11.1 Å². The lowest BCUT2D eigenvalue weighted by atomic mass is 10.2. The van der Waals surface area contributed by atoms with Crippen LogP contribution in [0.15, 0.2) is 18.2 Å². The summed E-state index contributed by atoms with van der Waals surface area (Å²) in [5, 5.41) is 10.4. The van der Waals surface area contributed by atoms with E-state index in [1.54, 1.807) is 6.07 Å². The molecule has 0 spiro atoms. The molecule has 0 fully saturated rings. The number of rotatable bonds is 1. The second kappa shape index (κ2) is 2.91. The molecule has 0 heterocycles. The zero-order valence-corrected chi connectivity index (χ0v) is 6.62. The van der Waals surface area contributed by atoms with Gasteiger partial charge in [0.05, 0.1) is 4.92 Å². The third kappa shape index (κ3) is 1.16. The number of nitro benzene ring substituents is 1. The van der Waals surface area contributed by atoms with Crippen LogP contribution in [0.25, 0.3) is 0 Å². The summed E-state index contributed by atoms with van der Waals surface area (Å²) >= 11 is 0. The van der Waals surface area contributed by atoms with Crippen molar-refractivity contribution in [1.82, 2.24) is 6.15 Å². The van der Waals surface area contributed by atoms with E-state index >= 15 is 0 Å².